The van der Waals surface area contributed by atoms with Crippen LogP contribution >= 0.6 is 16.5 Å². The molecule has 0 aliphatic heterocycles. The zero-order chi connectivity index (χ0) is 24.5. The first kappa shape index (κ1) is 27.3. The van der Waals surface area contributed by atoms with Gasteiger partial charge in [-0.3, -0.25) is 0 Å². The molecule has 178 valence electrons. The van der Waals surface area contributed by atoms with E-state index in [1.165, 1.54) is 28.2 Å². The molecule has 2 atom stereocenters. The van der Waals surface area contributed by atoms with Gasteiger partial charge >= 0.3 is 0 Å². The molecule has 0 heterocycles. The molecular weight excluding hydrogens is 426 g/mol. The van der Waals surface area contributed by atoms with E-state index in [0.29, 0.717) is 14.3 Å². The first-order chi connectivity index (χ1) is 14.6. The number of aromatic hydroxyl groups is 1. The van der Waals surface area contributed by atoms with Crippen molar-refractivity contribution < 1.29 is 5.11 Å². The lowest BCUT2D eigenvalue weighted by molar-refractivity contribution is 0.426. The smallest absolute Gasteiger partial charge is 0.123 e. The minimum absolute atomic E-state index is 0.00141. The highest BCUT2D eigenvalue weighted by molar-refractivity contribution is 7.55. The van der Waals surface area contributed by atoms with Crippen molar-refractivity contribution in [3.05, 3.63) is 58.1 Å². The minimum atomic E-state index is -0.107. The molecule has 0 radical (unpaired) electrons. The fourth-order valence-electron chi connectivity index (χ4n) is 4.48. The zero-order valence-corrected chi connectivity index (χ0v) is 24.3. The number of hydrogen-bond donors (Lipinski definition) is 1. The largest absolute Gasteiger partial charge is 0.507 e. The van der Waals surface area contributed by atoms with Crippen LogP contribution in [0.3, 0.4) is 0 Å². The molecule has 0 amide bonds. The van der Waals surface area contributed by atoms with Crippen LogP contribution in [0.25, 0.3) is 0 Å². The van der Waals surface area contributed by atoms with Gasteiger partial charge in [0, 0.05) is 10.7 Å². The van der Waals surface area contributed by atoms with E-state index >= 15 is 0 Å². The van der Waals surface area contributed by atoms with Crippen LogP contribution in [-0.4, -0.2) is 18.4 Å². The summed E-state index contributed by atoms with van der Waals surface area (Å²) in [5, 5.41) is 13.1. The standard InChI is InChI=1S/C29H46OP2/c1-12-16-29(9,31-26-20(2)14-13-15-21(26)19-32(10)11)24-18-22(27(3,4)5)17-23(25(24)30)28(6,7)8/h13-15,17-18,30-31H,12,16,19H2,1-11H3. The number of phenols is 1. The second kappa shape index (κ2) is 10.2. The maximum atomic E-state index is 11.6. The van der Waals surface area contributed by atoms with Crippen molar-refractivity contribution in [3.63, 3.8) is 0 Å². The van der Waals surface area contributed by atoms with Gasteiger partial charge in [-0.25, -0.2) is 0 Å². The van der Waals surface area contributed by atoms with Gasteiger partial charge in [0.1, 0.15) is 5.75 Å². The van der Waals surface area contributed by atoms with Gasteiger partial charge in [-0.1, -0.05) is 101 Å². The van der Waals surface area contributed by atoms with Crippen molar-refractivity contribution in [2.75, 3.05) is 13.3 Å². The number of aryl methyl sites for hydroxylation is 1. The highest BCUT2D eigenvalue weighted by Gasteiger charge is 2.35. The Kier molecular flexibility index (Phi) is 8.68. The molecule has 0 fully saturated rings. The zero-order valence-electron chi connectivity index (χ0n) is 22.4. The van der Waals surface area contributed by atoms with E-state index in [1.807, 2.05) is 0 Å². The average molecular weight is 473 g/mol. The Bertz CT molecular complexity index is 931. The SMILES string of the molecule is CCCC(C)(Pc1c(C)cccc1CP(C)C)c1cc(C(C)(C)C)cc(C(C)(C)C)c1O. The molecule has 0 saturated heterocycles. The lowest BCUT2D eigenvalue weighted by Gasteiger charge is -2.36. The van der Waals surface area contributed by atoms with Crippen molar-refractivity contribution >= 4 is 21.8 Å². The van der Waals surface area contributed by atoms with Gasteiger partial charge in [-0.15, -0.1) is 7.92 Å². The maximum absolute atomic E-state index is 11.6. The van der Waals surface area contributed by atoms with Crippen LogP contribution < -0.4 is 5.30 Å². The van der Waals surface area contributed by atoms with Crippen molar-refractivity contribution in [3.8, 4) is 5.75 Å². The van der Waals surface area contributed by atoms with Crippen LogP contribution in [0, 0.1) is 6.92 Å². The lowest BCUT2D eigenvalue weighted by atomic mass is 9.77. The van der Waals surface area contributed by atoms with Crippen LogP contribution in [-0.2, 0) is 22.1 Å². The van der Waals surface area contributed by atoms with Gasteiger partial charge in [-0.2, -0.15) is 0 Å². The average Bonchev–Trinajstić information content (AvgIpc) is 2.62. The molecule has 1 nitrogen and oxygen atoms in total. The van der Waals surface area contributed by atoms with E-state index in [2.05, 4.69) is 106 Å². The third-order valence-electron chi connectivity index (χ3n) is 6.37. The highest BCUT2D eigenvalue weighted by atomic mass is 31.1. The Morgan fingerprint density at radius 1 is 0.906 bits per heavy atom. The predicted molar refractivity (Wildman–Crippen MR) is 149 cm³/mol. The molecule has 2 aromatic rings. The van der Waals surface area contributed by atoms with Crippen LogP contribution in [0.1, 0.15) is 96.0 Å². The van der Waals surface area contributed by atoms with E-state index in [0.717, 1.165) is 24.0 Å². The molecule has 0 saturated carbocycles. The molecular formula is C29H46OP2. The van der Waals surface area contributed by atoms with Gasteiger partial charge in [0.25, 0.3) is 0 Å². The molecule has 2 rings (SSSR count). The van der Waals surface area contributed by atoms with Crippen molar-refractivity contribution in [2.24, 2.45) is 0 Å². The van der Waals surface area contributed by atoms with Gasteiger partial charge in [-0.05, 0) is 71.2 Å². The number of benzene rings is 2. The molecule has 2 aromatic carbocycles. The summed E-state index contributed by atoms with van der Waals surface area (Å²) in [5.74, 6) is 0.511. The summed E-state index contributed by atoms with van der Waals surface area (Å²) in [5.41, 5.74) is 6.35. The van der Waals surface area contributed by atoms with Crippen LogP contribution in [0.5, 0.6) is 5.75 Å². The minimum Gasteiger partial charge on any atom is -0.507 e. The quantitative estimate of drug-likeness (QED) is 0.400. The highest BCUT2D eigenvalue weighted by Crippen LogP contribution is 2.52. The summed E-state index contributed by atoms with van der Waals surface area (Å²) in [6.07, 6.45) is 3.34. The molecule has 0 aliphatic carbocycles. The maximum Gasteiger partial charge on any atom is 0.123 e. The van der Waals surface area contributed by atoms with E-state index in [9.17, 15) is 5.11 Å². The normalized spacial score (nSPS) is 15.0. The van der Waals surface area contributed by atoms with E-state index in [4.69, 9.17) is 0 Å². The monoisotopic (exact) mass is 472 g/mol. The third kappa shape index (κ3) is 6.36. The second-order valence-corrected chi connectivity index (χ2v) is 16.3. The Hall–Kier alpha value is -0.900. The molecule has 1 N–H and O–H groups in total. The summed E-state index contributed by atoms with van der Waals surface area (Å²) < 4.78 is 0. The molecule has 0 aromatic heterocycles. The van der Waals surface area contributed by atoms with Gasteiger partial charge in [0.05, 0.1) is 0 Å². The summed E-state index contributed by atoms with van der Waals surface area (Å²) in [4.78, 5) is 0. The Labute approximate surface area is 201 Å². The molecule has 0 aliphatic rings. The van der Waals surface area contributed by atoms with Crippen molar-refractivity contribution in [2.45, 2.75) is 97.3 Å². The number of rotatable bonds is 7. The molecule has 3 heteroatoms. The van der Waals surface area contributed by atoms with E-state index in [1.54, 1.807) is 0 Å². The van der Waals surface area contributed by atoms with E-state index < -0.39 is 0 Å². The molecule has 0 spiro atoms. The predicted octanol–water partition coefficient (Wildman–Crippen LogP) is 8.56. The summed E-state index contributed by atoms with van der Waals surface area (Å²) in [6.45, 7) is 25.1. The topological polar surface area (TPSA) is 20.2 Å². The van der Waals surface area contributed by atoms with Gasteiger partial charge in [0.2, 0.25) is 0 Å². The summed E-state index contributed by atoms with van der Waals surface area (Å²) in [6, 6.07) is 11.4. The number of phenolic OH excluding ortho intramolecular Hbond substituents is 1. The van der Waals surface area contributed by atoms with E-state index in [-0.39, 0.29) is 23.9 Å². The first-order valence-electron chi connectivity index (χ1n) is 12.0. The summed E-state index contributed by atoms with van der Waals surface area (Å²) in [7, 11) is 0.635. The Balaban J connectivity index is 2.77. The Morgan fingerprint density at radius 3 is 2.00 bits per heavy atom. The third-order valence-corrected chi connectivity index (χ3v) is 9.38. The van der Waals surface area contributed by atoms with Gasteiger partial charge < -0.3 is 5.11 Å². The first-order valence-corrected chi connectivity index (χ1v) is 15.4. The Morgan fingerprint density at radius 2 is 1.50 bits per heavy atom. The molecule has 2 unspecified atom stereocenters. The fraction of sp³-hybridized carbons (Fsp3) is 0.586. The molecule has 32 heavy (non-hydrogen) atoms. The van der Waals surface area contributed by atoms with Crippen molar-refractivity contribution in [1.82, 2.24) is 0 Å². The number of hydrogen-bond acceptors (Lipinski definition) is 1. The fourth-order valence-corrected chi connectivity index (χ4v) is 7.44. The van der Waals surface area contributed by atoms with Crippen molar-refractivity contribution in [1.29, 1.82) is 0 Å². The van der Waals surface area contributed by atoms with Crippen LogP contribution in [0.15, 0.2) is 30.3 Å². The lowest BCUT2D eigenvalue weighted by Crippen LogP contribution is -2.25. The molecule has 0 bridgehead atoms. The second-order valence-electron chi connectivity index (χ2n) is 12.0. The van der Waals surface area contributed by atoms with Crippen LogP contribution in [0.4, 0.5) is 0 Å². The van der Waals surface area contributed by atoms with Crippen LogP contribution in [0.2, 0.25) is 0 Å². The van der Waals surface area contributed by atoms with Gasteiger partial charge in [0.15, 0.2) is 0 Å². The summed E-state index contributed by atoms with van der Waals surface area (Å²) >= 11 is 0.